The van der Waals surface area contributed by atoms with E-state index in [0.29, 0.717) is 22.0 Å². The average Bonchev–Trinajstić information content (AvgIpc) is 2.79. The van der Waals surface area contributed by atoms with E-state index in [9.17, 15) is 0 Å². The van der Waals surface area contributed by atoms with Crippen molar-refractivity contribution in [2.24, 2.45) is 0 Å². The zero-order valence-corrected chi connectivity index (χ0v) is 8.71. The van der Waals surface area contributed by atoms with Gasteiger partial charge in [-0.15, -0.1) is 0 Å². The largest absolute Gasteiger partial charge is 0.415 e. The fourth-order valence-electron chi connectivity index (χ4n) is 0.718. The molecule has 1 saturated heterocycles. The van der Waals surface area contributed by atoms with Crippen molar-refractivity contribution in [1.29, 1.82) is 0 Å². The monoisotopic (exact) mass is 188 g/mol. The third-order valence-electron chi connectivity index (χ3n) is 1.37. The molecule has 1 atom stereocenters. The molecule has 0 saturated carbocycles. The second kappa shape index (κ2) is 5.69. The summed E-state index contributed by atoms with van der Waals surface area (Å²) in [5, 5.41) is 0. The summed E-state index contributed by atoms with van der Waals surface area (Å²) in [6.07, 6.45) is 0.731. The standard InChI is InChI=1S/C8H16O3Si/c1-7(2)11-12-4-3-9-5-8-6-10-8/h7-8H,3-6H2,1-2H3. The van der Waals surface area contributed by atoms with Gasteiger partial charge >= 0.3 is 0 Å². The van der Waals surface area contributed by atoms with Gasteiger partial charge in [-0.1, -0.05) is 0 Å². The first-order valence-electron chi connectivity index (χ1n) is 4.37. The number of epoxide rings is 1. The van der Waals surface area contributed by atoms with Gasteiger partial charge in [0.05, 0.1) is 13.2 Å². The Hall–Kier alpha value is 0.0969. The Morgan fingerprint density at radius 3 is 2.92 bits per heavy atom. The van der Waals surface area contributed by atoms with E-state index in [1.807, 2.05) is 13.8 Å². The maximum absolute atomic E-state index is 5.38. The smallest absolute Gasteiger partial charge is 0.232 e. The molecule has 12 heavy (non-hydrogen) atoms. The van der Waals surface area contributed by atoms with Crippen molar-refractivity contribution in [2.45, 2.75) is 32.1 Å². The van der Waals surface area contributed by atoms with Crippen molar-refractivity contribution >= 4 is 9.76 Å². The lowest BCUT2D eigenvalue weighted by molar-refractivity contribution is 0.125. The van der Waals surface area contributed by atoms with Crippen LogP contribution in [-0.4, -0.2) is 41.8 Å². The highest BCUT2D eigenvalue weighted by molar-refractivity contribution is 6.27. The van der Waals surface area contributed by atoms with E-state index in [0.717, 1.165) is 25.9 Å². The molecule has 0 aromatic rings. The van der Waals surface area contributed by atoms with E-state index in [1.54, 1.807) is 0 Å². The second-order valence-electron chi connectivity index (χ2n) is 3.09. The van der Waals surface area contributed by atoms with E-state index in [-0.39, 0.29) is 0 Å². The fraction of sp³-hybridized carbons (Fsp3) is 1.00. The van der Waals surface area contributed by atoms with Crippen LogP contribution in [0.3, 0.4) is 0 Å². The van der Waals surface area contributed by atoms with Crippen LogP contribution < -0.4 is 0 Å². The summed E-state index contributed by atoms with van der Waals surface area (Å²) in [7, 11) is 0.571. The first-order chi connectivity index (χ1) is 5.79. The van der Waals surface area contributed by atoms with Gasteiger partial charge in [-0.05, 0) is 19.9 Å². The molecular weight excluding hydrogens is 172 g/mol. The molecule has 4 heteroatoms. The van der Waals surface area contributed by atoms with Crippen LogP contribution in [0.25, 0.3) is 0 Å². The number of rotatable bonds is 7. The molecule has 0 spiro atoms. The summed E-state index contributed by atoms with van der Waals surface area (Å²) >= 11 is 0. The molecule has 0 aliphatic carbocycles. The molecule has 1 rings (SSSR count). The van der Waals surface area contributed by atoms with Crippen LogP contribution >= 0.6 is 0 Å². The normalized spacial score (nSPS) is 21.8. The van der Waals surface area contributed by atoms with Crippen molar-refractivity contribution < 1.29 is 13.9 Å². The van der Waals surface area contributed by atoms with Gasteiger partial charge in [0, 0.05) is 12.7 Å². The molecule has 1 aliphatic rings. The van der Waals surface area contributed by atoms with Crippen LogP contribution in [-0.2, 0) is 13.9 Å². The maximum Gasteiger partial charge on any atom is 0.232 e. The molecule has 0 aromatic carbocycles. The highest BCUT2D eigenvalue weighted by atomic mass is 28.2. The van der Waals surface area contributed by atoms with E-state index in [1.165, 1.54) is 0 Å². The molecule has 1 fully saturated rings. The minimum Gasteiger partial charge on any atom is -0.415 e. The number of ether oxygens (including phenoxy) is 2. The number of hydrogen-bond donors (Lipinski definition) is 0. The minimum atomic E-state index is 0.343. The molecule has 0 N–H and O–H groups in total. The summed E-state index contributed by atoms with van der Waals surface area (Å²) in [6.45, 7) is 6.53. The van der Waals surface area contributed by atoms with Crippen LogP contribution in [0.4, 0.5) is 0 Å². The Bertz CT molecular complexity index is 109. The first kappa shape index (κ1) is 10.2. The molecule has 1 unspecified atom stereocenters. The van der Waals surface area contributed by atoms with Crippen molar-refractivity contribution in [3.63, 3.8) is 0 Å². The Kier molecular flexibility index (Phi) is 4.83. The molecule has 2 radical (unpaired) electrons. The van der Waals surface area contributed by atoms with Crippen LogP contribution in [0.2, 0.25) is 6.04 Å². The topological polar surface area (TPSA) is 31.0 Å². The van der Waals surface area contributed by atoms with Crippen molar-refractivity contribution in [3.8, 4) is 0 Å². The fourth-order valence-corrected chi connectivity index (χ4v) is 1.40. The molecule has 1 heterocycles. The summed E-state index contributed by atoms with van der Waals surface area (Å²) in [6, 6.07) is 1.00. The van der Waals surface area contributed by atoms with Crippen molar-refractivity contribution in [2.75, 3.05) is 19.8 Å². The maximum atomic E-state index is 5.38. The van der Waals surface area contributed by atoms with Gasteiger partial charge < -0.3 is 13.9 Å². The van der Waals surface area contributed by atoms with E-state index >= 15 is 0 Å². The molecule has 0 amide bonds. The zero-order valence-electron chi connectivity index (χ0n) is 7.71. The number of hydrogen-bond acceptors (Lipinski definition) is 3. The molecule has 3 nitrogen and oxygen atoms in total. The molecule has 0 bridgehead atoms. The highest BCUT2D eigenvalue weighted by Crippen LogP contribution is 2.08. The third kappa shape index (κ3) is 5.71. The van der Waals surface area contributed by atoms with E-state index in [2.05, 4.69) is 0 Å². The summed E-state index contributed by atoms with van der Waals surface area (Å²) in [5.74, 6) is 0. The predicted octanol–water partition coefficient (Wildman–Crippen LogP) is 0.864. The minimum absolute atomic E-state index is 0.343. The summed E-state index contributed by atoms with van der Waals surface area (Å²) in [4.78, 5) is 0. The summed E-state index contributed by atoms with van der Waals surface area (Å²) < 4.78 is 15.7. The van der Waals surface area contributed by atoms with E-state index in [4.69, 9.17) is 13.9 Å². The third-order valence-corrected chi connectivity index (χ3v) is 2.42. The van der Waals surface area contributed by atoms with Gasteiger partial charge in [-0.3, -0.25) is 0 Å². The molecule has 0 aromatic heterocycles. The summed E-state index contributed by atoms with van der Waals surface area (Å²) in [5.41, 5.74) is 0. The molecule has 70 valence electrons. The van der Waals surface area contributed by atoms with Gasteiger partial charge in [0.1, 0.15) is 6.10 Å². The van der Waals surface area contributed by atoms with Crippen molar-refractivity contribution in [1.82, 2.24) is 0 Å². The second-order valence-corrected chi connectivity index (χ2v) is 4.12. The van der Waals surface area contributed by atoms with Gasteiger partial charge in [0.25, 0.3) is 0 Å². The van der Waals surface area contributed by atoms with Crippen LogP contribution in [0.1, 0.15) is 13.8 Å². The molecule has 1 aliphatic heterocycles. The lowest BCUT2D eigenvalue weighted by Gasteiger charge is -2.05. The van der Waals surface area contributed by atoms with Gasteiger partial charge in [-0.2, -0.15) is 0 Å². The zero-order chi connectivity index (χ0) is 8.81. The SMILES string of the molecule is CC(C)O[Si]CCOCC1CO1. The van der Waals surface area contributed by atoms with Gasteiger partial charge in [0.2, 0.25) is 9.76 Å². The Balaban J connectivity index is 1.70. The molecular formula is C8H16O3Si. The van der Waals surface area contributed by atoms with Crippen molar-refractivity contribution in [3.05, 3.63) is 0 Å². The lowest BCUT2D eigenvalue weighted by atomic mass is 10.5. The van der Waals surface area contributed by atoms with Gasteiger partial charge in [0.15, 0.2) is 0 Å². The van der Waals surface area contributed by atoms with Crippen LogP contribution in [0.5, 0.6) is 0 Å². The first-order valence-corrected chi connectivity index (χ1v) is 5.48. The Morgan fingerprint density at radius 2 is 2.33 bits per heavy atom. The Labute approximate surface area is 76.3 Å². The predicted molar refractivity (Wildman–Crippen MR) is 47.3 cm³/mol. The van der Waals surface area contributed by atoms with Crippen LogP contribution in [0, 0.1) is 0 Å². The Morgan fingerprint density at radius 1 is 1.58 bits per heavy atom. The van der Waals surface area contributed by atoms with Gasteiger partial charge in [-0.25, -0.2) is 0 Å². The van der Waals surface area contributed by atoms with Crippen LogP contribution in [0.15, 0.2) is 0 Å². The lowest BCUT2D eigenvalue weighted by Crippen LogP contribution is -2.10. The highest BCUT2D eigenvalue weighted by Gasteiger charge is 2.21. The van der Waals surface area contributed by atoms with E-state index < -0.39 is 0 Å². The average molecular weight is 188 g/mol. The quantitative estimate of drug-likeness (QED) is 0.337.